The van der Waals surface area contributed by atoms with Gasteiger partial charge in [-0.05, 0) is 22.6 Å². The first kappa shape index (κ1) is 11.9. The number of anilines is 1. The summed E-state index contributed by atoms with van der Waals surface area (Å²) in [6.07, 6.45) is 2.24. The van der Waals surface area contributed by atoms with Crippen molar-refractivity contribution in [3.63, 3.8) is 0 Å². The number of aromatic nitrogens is 3. The van der Waals surface area contributed by atoms with Gasteiger partial charge in [0, 0.05) is 22.9 Å². The van der Waals surface area contributed by atoms with Crippen LogP contribution in [0.15, 0.2) is 12.5 Å². The highest BCUT2D eigenvalue weighted by Gasteiger charge is 2.11. The molecule has 0 fully saturated rings. The predicted octanol–water partition coefficient (Wildman–Crippen LogP) is 0.886. The second-order valence-corrected chi connectivity index (χ2v) is 4.52. The summed E-state index contributed by atoms with van der Waals surface area (Å²) in [5, 5.41) is 11.6. The van der Waals surface area contributed by atoms with E-state index in [4.69, 9.17) is 10.8 Å². The Morgan fingerprint density at radius 2 is 2.35 bits per heavy atom. The summed E-state index contributed by atoms with van der Waals surface area (Å²) in [6.45, 7) is 0.821. The molecule has 0 unspecified atom stereocenters. The van der Waals surface area contributed by atoms with Crippen molar-refractivity contribution in [1.82, 2.24) is 19.9 Å². The van der Waals surface area contributed by atoms with Gasteiger partial charge in [-0.15, -0.1) is 0 Å². The van der Waals surface area contributed by atoms with E-state index in [1.807, 2.05) is 10.8 Å². The van der Waals surface area contributed by atoms with Crippen molar-refractivity contribution in [3.05, 3.63) is 16.1 Å². The summed E-state index contributed by atoms with van der Waals surface area (Å²) >= 11 is 2.15. The number of nitrogen functional groups attached to an aromatic ring is 1. The number of halogens is 1. The number of hydrogen-bond acceptors (Lipinski definition) is 4. The fourth-order valence-corrected chi connectivity index (χ4v) is 2.41. The molecular formula is C9H10IN5O2. The number of nitrogens with two attached hydrogens (primary N) is 1. The van der Waals surface area contributed by atoms with E-state index in [0.717, 1.165) is 8.96 Å². The van der Waals surface area contributed by atoms with Crippen LogP contribution in [-0.2, 0) is 6.54 Å². The molecule has 0 spiro atoms. The average Bonchev–Trinajstić information content (AvgIpc) is 2.57. The molecule has 0 saturated heterocycles. The third-order valence-corrected chi connectivity index (χ3v) is 3.08. The second kappa shape index (κ2) is 4.73. The van der Waals surface area contributed by atoms with Crippen LogP contribution in [0.1, 0.15) is 0 Å². The first-order valence-electron chi connectivity index (χ1n) is 4.81. The Balaban J connectivity index is 2.29. The lowest BCUT2D eigenvalue weighted by Crippen LogP contribution is -2.25. The summed E-state index contributed by atoms with van der Waals surface area (Å²) in [6, 6.07) is 0. The van der Waals surface area contributed by atoms with Gasteiger partial charge in [0.15, 0.2) is 0 Å². The van der Waals surface area contributed by atoms with Crippen LogP contribution in [0.5, 0.6) is 0 Å². The third kappa shape index (κ3) is 2.40. The van der Waals surface area contributed by atoms with E-state index in [9.17, 15) is 4.79 Å². The summed E-state index contributed by atoms with van der Waals surface area (Å²) < 4.78 is 2.80. The van der Waals surface area contributed by atoms with E-state index in [2.05, 4.69) is 37.9 Å². The van der Waals surface area contributed by atoms with Gasteiger partial charge in [0.2, 0.25) is 0 Å². The Morgan fingerprint density at radius 3 is 3.06 bits per heavy atom. The lowest BCUT2D eigenvalue weighted by Gasteiger charge is -2.04. The van der Waals surface area contributed by atoms with Gasteiger partial charge < -0.3 is 20.7 Å². The number of nitrogens with one attached hydrogen (secondary N) is 1. The normalized spacial score (nSPS) is 10.6. The van der Waals surface area contributed by atoms with E-state index in [1.54, 1.807) is 0 Å². The Morgan fingerprint density at radius 1 is 1.59 bits per heavy atom. The topological polar surface area (TPSA) is 106 Å². The third-order valence-electron chi connectivity index (χ3n) is 2.27. The summed E-state index contributed by atoms with van der Waals surface area (Å²) in [5.41, 5.74) is 6.49. The highest BCUT2D eigenvalue weighted by Crippen LogP contribution is 2.24. The van der Waals surface area contributed by atoms with E-state index < -0.39 is 6.09 Å². The summed E-state index contributed by atoms with van der Waals surface area (Å²) in [4.78, 5) is 18.4. The van der Waals surface area contributed by atoms with E-state index in [1.165, 1.54) is 6.33 Å². The molecule has 8 heteroatoms. The Kier molecular flexibility index (Phi) is 3.31. The minimum atomic E-state index is -1.04. The van der Waals surface area contributed by atoms with Crippen LogP contribution in [-0.4, -0.2) is 32.3 Å². The molecule has 2 heterocycles. The number of fused-ring (bicyclic) bond motifs is 1. The van der Waals surface area contributed by atoms with Gasteiger partial charge in [0.05, 0.1) is 5.39 Å². The number of hydrogen-bond donors (Lipinski definition) is 3. The monoisotopic (exact) mass is 347 g/mol. The standard InChI is InChI=1S/C9H10IN5O2/c10-5-3-15(2-1-12-9(16)17)8-6(5)7(11)13-4-14-8/h3-4,12H,1-2H2,(H,16,17)(H2,11,13,14). The SMILES string of the molecule is Nc1ncnc2c1c(I)cn2CCNC(=O)O. The zero-order chi connectivity index (χ0) is 12.4. The van der Waals surface area contributed by atoms with Crippen molar-refractivity contribution in [1.29, 1.82) is 0 Å². The van der Waals surface area contributed by atoms with Gasteiger partial charge in [-0.25, -0.2) is 14.8 Å². The number of carboxylic acid groups (broad SMARTS) is 1. The Bertz CT molecular complexity index is 568. The van der Waals surface area contributed by atoms with Crippen LogP contribution in [0.2, 0.25) is 0 Å². The molecule has 0 saturated carbocycles. The quantitative estimate of drug-likeness (QED) is 0.715. The molecule has 0 atom stereocenters. The van der Waals surface area contributed by atoms with Crippen LogP contribution in [0, 0.1) is 3.57 Å². The van der Waals surface area contributed by atoms with Gasteiger partial charge in [0.25, 0.3) is 0 Å². The number of carbonyl (C=O) groups is 1. The van der Waals surface area contributed by atoms with Crippen molar-refractivity contribution in [2.45, 2.75) is 6.54 Å². The molecule has 2 rings (SSSR count). The van der Waals surface area contributed by atoms with Crippen molar-refractivity contribution >= 4 is 45.5 Å². The highest BCUT2D eigenvalue weighted by atomic mass is 127. The molecule has 0 bridgehead atoms. The molecule has 90 valence electrons. The number of amides is 1. The van der Waals surface area contributed by atoms with E-state index >= 15 is 0 Å². The fraction of sp³-hybridized carbons (Fsp3) is 0.222. The maximum absolute atomic E-state index is 10.3. The largest absolute Gasteiger partial charge is 0.465 e. The molecule has 2 aromatic rings. The lowest BCUT2D eigenvalue weighted by atomic mass is 10.4. The minimum absolute atomic E-state index is 0.319. The number of nitrogens with zero attached hydrogens (tertiary/aromatic N) is 3. The van der Waals surface area contributed by atoms with Gasteiger partial charge in [-0.3, -0.25) is 0 Å². The molecule has 0 aliphatic carbocycles. The van der Waals surface area contributed by atoms with Gasteiger partial charge in [0.1, 0.15) is 17.8 Å². The summed E-state index contributed by atoms with van der Waals surface area (Å²) in [5.74, 6) is 0.435. The van der Waals surface area contributed by atoms with Crippen LogP contribution in [0.25, 0.3) is 11.0 Å². The molecule has 2 aromatic heterocycles. The van der Waals surface area contributed by atoms with Crippen molar-refractivity contribution < 1.29 is 9.90 Å². The second-order valence-electron chi connectivity index (χ2n) is 3.36. The molecule has 17 heavy (non-hydrogen) atoms. The molecule has 0 aliphatic rings. The molecule has 4 N–H and O–H groups in total. The predicted molar refractivity (Wildman–Crippen MR) is 70.7 cm³/mol. The smallest absolute Gasteiger partial charge is 0.404 e. The number of rotatable bonds is 3. The molecule has 0 aromatic carbocycles. The van der Waals surface area contributed by atoms with E-state index in [-0.39, 0.29) is 0 Å². The first-order chi connectivity index (χ1) is 8.09. The molecular weight excluding hydrogens is 337 g/mol. The summed E-state index contributed by atoms with van der Waals surface area (Å²) in [7, 11) is 0. The lowest BCUT2D eigenvalue weighted by molar-refractivity contribution is 0.194. The molecule has 7 nitrogen and oxygen atoms in total. The Hall–Kier alpha value is -1.58. The zero-order valence-corrected chi connectivity index (χ0v) is 10.9. The molecule has 0 aliphatic heterocycles. The van der Waals surface area contributed by atoms with Crippen LogP contribution >= 0.6 is 22.6 Å². The fourth-order valence-electron chi connectivity index (χ4n) is 1.55. The van der Waals surface area contributed by atoms with Gasteiger partial charge in [-0.2, -0.15) is 0 Å². The van der Waals surface area contributed by atoms with Crippen LogP contribution in [0.4, 0.5) is 10.6 Å². The zero-order valence-electron chi connectivity index (χ0n) is 8.72. The maximum atomic E-state index is 10.3. The minimum Gasteiger partial charge on any atom is -0.465 e. The molecule has 0 radical (unpaired) electrons. The van der Waals surface area contributed by atoms with E-state index in [0.29, 0.717) is 24.6 Å². The van der Waals surface area contributed by atoms with Crippen molar-refractivity contribution in [3.8, 4) is 0 Å². The first-order valence-corrected chi connectivity index (χ1v) is 5.89. The van der Waals surface area contributed by atoms with Crippen molar-refractivity contribution in [2.24, 2.45) is 0 Å². The highest BCUT2D eigenvalue weighted by molar-refractivity contribution is 14.1. The van der Waals surface area contributed by atoms with Crippen LogP contribution < -0.4 is 11.1 Å². The van der Waals surface area contributed by atoms with Gasteiger partial charge >= 0.3 is 6.09 Å². The Labute approximate surface area is 110 Å². The maximum Gasteiger partial charge on any atom is 0.404 e. The van der Waals surface area contributed by atoms with Crippen LogP contribution in [0.3, 0.4) is 0 Å². The van der Waals surface area contributed by atoms with Crippen molar-refractivity contribution in [2.75, 3.05) is 12.3 Å². The average molecular weight is 347 g/mol. The van der Waals surface area contributed by atoms with Gasteiger partial charge in [-0.1, -0.05) is 0 Å². The molecule has 1 amide bonds.